The molecule has 1 unspecified atom stereocenters. The summed E-state index contributed by atoms with van der Waals surface area (Å²) < 4.78 is 28.2. The van der Waals surface area contributed by atoms with Gasteiger partial charge in [0.2, 0.25) is 0 Å². The second kappa shape index (κ2) is 10.0. The lowest BCUT2D eigenvalue weighted by atomic mass is 9.62. The highest BCUT2D eigenvalue weighted by Gasteiger charge is 2.60. The Morgan fingerprint density at radius 3 is 2.47 bits per heavy atom. The van der Waals surface area contributed by atoms with Gasteiger partial charge in [0.15, 0.2) is 11.4 Å². The van der Waals surface area contributed by atoms with Crippen molar-refractivity contribution in [1.82, 2.24) is 4.98 Å². The number of fused-ring (bicyclic) bond motifs is 2. The highest BCUT2D eigenvalue weighted by molar-refractivity contribution is 6.02. The van der Waals surface area contributed by atoms with Crippen LogP contribution in [0.25, 0.3) is 11.3 Å². The van der Waals surface area contributed by atoms with Gasteiger partial charge in [-0.3, -0.25) is 24.2 Å². The maximum atomic E-state index is 13.8. The summed E-state index contributed by atoms with van der Waals surface area (Å²) in [5.41, 5.74) is -3.30. The number of hydrogen-bond donors (Lipinski definition) is 0. The molecule has 0 bridgehead atoms. The van der Waals surface area contributed by atoms with Crippen molar-refractivity contribution in [2.45, 2.75) is 64.8 Å². The number of rotatable bonds is 6. The lowest BCUT2D eigenvalue weighted by Gasteiger charge is -2.52. The van der Waals surface area contributed by atoms with E-state index in [2.05, 4.69) is 4.98 Å². The third kappa shape index (κ3) is 5.05. The summed E-state index contributed by atoms with van der Waals surface area (Å²) in [4.78, 5) is 66.5. The molecule has 1 fully saturated rings. The summed E-state index contributed by atoms with van der Waals surface area (Å²) in [5, 5.41) is 0. The largest absolute Gasteiger partial charge is 0.482 e. The summed E-state index contributed by atoms with van der Waals surface area (Å²) in [6.45, 7) is 6.65. The molecule has 11 heteroatoms. The number of Topliss-reactive ketones (excluding diaryl/α,β-unsaturated/α-hetero) is 1. The first kappa shape index (κ1) is 27.0. The summed E-state index contributed by atoms with van der Waals surface area (Å²) in [7, 11) is 0. The first-order valence-electron chi connectivity index (χ1n) is 12.2. The van der Waals surface area contributed by atoms with Gasteiger partial charge in [0.25, 0.3) is 0 Å². The van der Waals surface area contributed by atoms with Gasteiger partial charge in [-0.25, -0.2) is 4.79 Å². The monoisotopic (exact) mass is 527 g/mol. The van der Waals surface area contributed by atoms with Crippen LogP contribution in [0, 0.1) is 11.8 Å². The van der Waals surface area contributed by atoms with E-state index >= 15 is 0 Å². The van der Waals surface area contributed by atoms with E-state index < -0.39 is 58.5 Å². The Morgan fingerprint density at radius 2 is 1.87 bits per heavy atom. The van der Waals surface area contributed by atoms with Gasteiger partial charge < -0.3 is 23.4 Å². The zero-order valence-electron chi connectivity index (χ0n) is 21.8. The molecule has 2 aliphatic rings. The van der Waals surface area contributed by atoms with Crippen LogP contribution in [-0.4, -0.2) is 52.6 Å². The maximum Gasteiger partial charge on any atom is 0.351 e. The molecule has 202 valence electrons. The fourth-order valence-electron chi connectivity index (χ4n) is 5.34. The van der Waals surface area contributed by atoms with E-state index in [0.717, 1.165) is 0 Å². The third-order valence-electron chi connectivity index (χ3n) is 7.21. The fourth-order valence-corrected chi connectivity index (χ4v) is 5.34. The van der Waals surface area contributed by atoms with E-state index in [9.17, 15) is 24.0 Å². The van der Waals surface area contributed by atoms with E-state index in [1.54, 1.807) is 32.2 Å². The average Bonchev–Trinajstić information content (AvgIpc) is 2.83. The van der Waals surface area contributed by atoms with Crippen LogP contribution < -0.4 is 10.4 Å². The van der Waals surface area contributed by atoms with Gasteiger partial charge in [-0.05, 0) is 38.8 Å². The number of carbonyl (C=O) groups is 4. The minimum atomic E-state index is -1.34. The molecule has 0 saturated heterocycles. The zero-order valence-corrected chi connectivity index (χ0v) is 21.8. The average molecular weight is 528 g/mol. The molecule has 0 aromatic carbocycles. The van der Waals surface area contributed by atoms with Crippen LogP contribution in [0.3, 0.4) is 0 Å². The van der Waals surface area contributed by atoms with Crippen LogP contribution in [0.2, 0.25) is 0 Å². The molecule has 1 aliphatic heterocycles. The van der Waals surface area contributed by atoms with Crippen LogP contribution in [0.5, 0.6) is 5.75 Å². The second-order valence-corrected chi connectivity index (χ2v) is 10.0. The number of nitrogens with zero attached hydrogens (tertiary/aromatic N) is 1. The van der Waals surface area contributed by atoms with Crippen molar-refractivity contribution < 1.29 is 42.5 Å². The normalized spacial score (nSPS) is 25.6. The van der Waals surface area contributed by atoms with Crippen molar-refractivity contribution in [1.29, 1.82) is 0 Å². The summed E-state index contributed by atoms with van der Waals surface area (Å²) >= 11 is 0. The molecule has 11 nitrogen and oxygen atoms in total. The van der Waals surface area contributed by atoms with Crippen LogP contribution >= 0.6 is 0 Å². The number of ether oxygens (including phenoxy) is 4. The van der Waals surface area contributed by atoms with Gasteiger partial charge in [-0.1, -0.05) is 0 Å². The van der Waals surface area contributed by atoms with Crippen LogP contribution in [0.1, 0.15) is 57.8 Å². The molecule has 0 spiro atoms. The quantitative estimate of drug-likeness (QED) is 0.403. The Morgan fingerprint density at radius 1 is 1.13 bits per heavy atom. The summed E-state index contributed by atoms with van der Waals surface area (Å²) in [6, 6.07) is 4.82. The number of carbonyl (C=O) groups excluding carboxylic acids is 4. The Labute approximate surface area is 218 Å². The van der Waals surface area contributed by atoms with Crippen molar-refractivity contribution in [3.05, 3.63) is 46.6 Å². The Balaban J connectivity index is 1.79. The molecule has 0 N–H and O–H groups in total. The Hall–Kier alpha value is -4.02. The molecule has 0 amide bonds. The molecule has 0 radical (unpaired) electrons. The number of aromatic nitrogens is 1. The standard InChI is InChI=1S/C27H29NO10/c1-14(29)34-13-26(4,37-16(3)31)18-9-19-24(32)23-21(38-27(19,5)22(10-18)35-15(2)30)11-20(36-25(23)33)17-7-6-8-28-12-17/h6-8,11-12,18-19,22H,9-10,13H2,1-5H3/t18-,19-,22-,26?,27-/m0/s1. The molecule has 1 aliphatic carbocycles. The second-order valence-electron chi connectivity index (χ2n) is 10.0. The Bertz CT molecular complexity index is 1340. The molecule has 5 atom stereocenters. The van der Waals surface area contributed by atoms with Gasteiger partial charge in [0.1, 0.15) is 35.4 Å². The predicted octanol–water partition coefficient (Wildman–Crippen LogP) is 2.88. The number of pyridine rings is 1. The zero-order chi connectivity index (χ0) is 27.8. The van der Waals surface area contributed by atoms with Gasteiger partial charge in [0, 0.05) is 50.7 Å². The van der Waals surface area contributed by atoms with Crippen LogP contribution in [0.4, 0.5) is 0 Å². The van der Waals surface area contributed by atoms with Crippen LogP contribution in [0.15, 0.2) is 39.8 Å². The molecule has 1 saturated carbocycles. The fraction of sp³-hybridized carbons (Fsp3) is 0.481. The highest BCUT2D eigenvalue weighted by atomic mass is 16.6. The van der Waals surface area contributed by atoms with Gasteiger partial charge in [0.05, 0.1) is 5.92 Å². The SMILES string of the molecule is CC(=O)OCC(C)(OC(C)=O)[C@@H]1C[C@H](OC(C)=O)[C@@]2(C)Oc3cc(-c4cccnc4)oc(=O)c3C(=O)[C@@H]2C1. The summed E-state index contributed by atoms with van der Waals surface area (Å²) in [6.07, 6.45) is 2.35. The molecule has 38 heavy (non-hydrogen) atoms. The van der Waals surface area contributed by atoms with Crippen molar-refractivity contribution >= 4 is 23.7 Å². The predicted molar refractivity (Wildman–Crippen MR) is 130 cm³/mol. The molecular formula is C27H29NO10. The minimum Gasteiger partial charge on any atom is -0.482 e. The molecular weight excluding hydrogens is 498 g/mol. The maximum absolute atomic E-state index is 13.8. The molecule has 2 aromatic rings. The van der Waals surface area contributed by atoms with Crippen molar-refractivity contribution in [2.75, 3.05) is 6.61 Å². The molecule has 2 aromatic heterocycles. The van der Waals surface area contributed by atoms with E-state index in [0.29, 0.717) is 5.56 Å². The van der Waals surface area contributed by atoms with E-state index in [4.69, 9.17) is 23.4 Å². The number of ketones is 1. The van der Waals surface area contributed by atoms with E-state index in [1.807, 2.05) is 0 Å². The van der Waals surface area contributed by atoms with Gasteiger partial charge in [-0.2, -0.15) is 0 Å². The van der Waals surface area contributed by atoms with Gasteiger partial charge in [-0.15, -0.1) is 0 Å². The Kier molecular flexibility index (Phi) is 7.14. The lowest BCUT2D eigenvalue weighted by molar-refractivity contribution is -0.198. The molecule has 3 heterocycles. The molecule has 4 rings (SSSR count). The first-order chi connectivity index (χ1) is 17.8. The van der Waals surface area contributed by atoms with E-state index in [-0.39, 0.29) is 36.5 Å². The van der Waals surface area contributed by atoms with Crippen molar-refractivity contribution in [2.24, 2.45) is 11.8 Å². The minimum absolute atomic E-state index is 0.0158. The summed E-state index contributed by atoms with van der Waals surface area (Å²) in [5.74, 6) is -3.71. The number of esters is 3. The smallest absolute Gasteiger partial charge is 0.351 e. The van der Waals surface area contributed by atoms with Crippen LogP contribution in [-0.2, 0) is 28.6 Å². The van der Waals surface area contributed by atoms with Crippen molar-refractivity contribution in [3.8, 4) is 17.1 Å². The van der Waals surface area contributed by atoms with Gasteiger partial charge >= 0.3 is 23.5 Å². The number of hydrogen-bond acceptors (Lipinski definition) is 11. The third-order valence-corrected chi connectivity index (χ3v) is 7.21. The van der Waals surface area contributed by atoms with E-state index in [1.165, 1.54) is 33.0 Å². The topological polar surface area (TPSA) is 148 Å². The first-order valence-corrected chi connectivity index (χ1v) is 12.2. The van der Waals surface area contributed by atoms with Crippen molar-refractivity contribution in [3.63, 3.8) is 0 Å². The highest BCUT2D eigenvalue weighted by Crippen LogP contribution is 2.50. The lowest BCUT2D eigenvalue weighted by Crippen LogP contribution is -2.64.